The van der Waals surface area contributed by atoms with E-state index in [0.29, 0.717) is 66.7 Å². The SMILES string of the molecule is CC.CC.CC.CC.CC(C)(C)OC(=O)CC1CCN(C#N)CC1.CC(C)(C)OC(=O)CC1CCNCC1.Cc1noc(N2CCC(CC(=O)OC(C)(C)C)CC2)n1.Cc1noc(N2CCC(N)CC2)n1. The van der Waals surface area contributed by atoms with E-state index in [4.69, 9.17) is 34.3 Å². The first kappa shape index (κ1) is 68.6. The monoisotopic (exact) mass is 1010 g/mol. The molecule has 3 N–H and O–H groups in total. The van der Waals surface area contributed by atoms with Gasteiger partial charge in [-0.25, -0.2) is 0 Å². The van der Waals surface area contributed by atoms with E-state index in [1.165, 1.54) is 0 Å². The van der Waals surface area contributed by atoms with Crippen LogP contribution in [0.5, 0.6) is 0 Å². The molecule has 0 saturated carbocycles. The van der Waals surface area contributed by atoms with Crippen molar-refractivity contribution in [1.29, 1.82) is 5.26 Å². The molecule has 4 aliphatic heterocycles. The van der Waals surface area contributed by atoms with Gasteiger partial charge in [0.15, 0.2) is 17.8 Å². The lowest BCUT2D eigenvalue weighted by Gasteiger charge is -2.30. The molecular weight excluding hydrogens is 905 g/mol. The maximum Gasteiger partial charge on any atom is 0.324 e. The zero-order valence-corrected chi connectivity index (χ0v) is 48.2. The Kier molecular flexibility index (Phi) is 36.0. The van der Waals surface area contributed by atoms with E-state index in [2.05, 4.69) is 41.6 Å². The van der Waals surface area contributed by atoms with Crippen LogP contribution < -0.4 is 20.9 Å². The number of aromatic nitrogens is 4. The first-order valence-electron chi connectivity index (χ1n) is 26.8. The zero-order chi connectivity index (χ0) is 54.8. The number of aryl methyl sites for hydroxylation is 2. The number of likely N-dealkylation sites (tertiary alicyclic amines) is 1. The van der Waals surface area contributed by atoms with E-state index in [1.807, 2.05) is 132 Å². The lowest BCUT2D eigenvalue weighted by molar-refractivity contribution is -0.157. The van der Waals surface area contributed by atoms with Crippen molar-refractivity contribution in [3.63, 3.8) is 0 Å². The molecule has 0 radical (unpaired) electrons. The fourth-order valence-corrected chi connectivity index (χ4v) is 7.43. The fourth-order valence-electron chi connectivity index (χ4n) is 7.43. The van der Waals surface area contributed by atoms with Gasteiger partial charge in [-0.3, -0.25) is 14.4 Å². The molecule has 6 heterocycles. The number of carbonyl (C=O) groups is 3. The van der Waals surface area contributed by atoms with Crippen LogP contribution in [0.4, 0.5) is 12.0 Å². The van der Waals surface area contributed by atoms with Gasteiger partial charge >= 0.3 is 29.9 Å². The van der Waals surface area contributed by atoms with Gasteiger partial charge in [0.1, 0.15) is 16.8 Å². The number of piperidine rings is 4. The van der Waals surface area contributed by atoms with Crippen molar-refractivity contribution < 1.29 is 37.6 Å². The van der Waals surface area contributed by atoms with Crippen LogP contribution in [0.1, 0.15) is 200 Å². The Bertz CT molecular complexity index is 1700. The van der Waals surface area contributed by atoms with E-state index < -0.39 is 11.2 Å². The molecule has 18 nitrogen and oxygen atoms in total. The molecule has 0 amide bonds. The highest BCUT2D eigenvalue weighted by molar-refractivity contribution is 5.71. The minimum Gasteiger partial charge on any atom is -0.460 e. The van der Waals surface area contributed by atoms with Crippen molar-refractivity contribution in [2.75, 3.05) is 62.2 Å². The molecule has 4 saturated heterocycles. The summed E-state index contributed by atoms with van der Waals surface area (Å²) >= 11 is 0. The Morgan fingerprint density at radius 2 is 0.859 bits per heavy atom. The lowest BCUT2D eigenvalue weighted by Crippen LogP contribution is -2.39. The summed E-state index contributed by atoms with van der Waals surface area (Å²) in [6, 6.07) is 1.54. The molecule has 2 aromatic rings. The highest BCUT2D eigenvalue weighted by Crippen LogP contribution is 2.26. The average Bonchev–Trinajstić information content (AvgIpc) is 3.97. The quantitative estimate of drug-likeness (QED) is 0.142. The Balaban J connectivity index is 0. The second kappa shape index (κ2) is 37.3. The van der Waals surface area contributed by atoms with E-state index >= 15 is 0 Å². The van der Waals surface area contributed by atoms with Crippen molar-refractivity contribution in [2.24, 2.45) is 23.5 Å². The first-order chi connectivity index (χ1) is 33.5. The number of nitrogens with two attached hydrogens (primary N) is 1. The summed E-state index contributed by atoms with van der Waals surface area (Å²) in [4.78, 5) is 49.2. The van der Waals surface area contributed by atoms with E-state index in [-0.39, 0.29) is 23.5 Å². The molecule has 0 atom stereocenters. The predicted octanol–water partition coefficient (Wildman–Crippen LogP) is 10.4. The Morgan fingerprint density at radius 3 is 1.14 bits per heavy atom. The minimum atomic E-state index is -0.404. The predicted molar refractivity (Wildman–Crippen MR) is 285 cm³/mol. The Labute approximate surface area is 430 Å². The van der Waals surface area contributed by atoms with Gasteiger partial charge in [0.25, 0.3) is 0 Å². The van der Waals surface area contributed by atoms with Crippen LogP contribution in [-0.2, 0) is 28.6 Å². The lowest BCUT2D eigenvalue weighted by atomic mass is 9.94. The number of rotatable bonds is 8. The molecule has 2 aromatic heterocycles. The third-order valence-electron chi connectivity index (χ3n) is 10.6. The van der Waals surface area contributed by atoms with Gasteiger partial charge in [-0.1, -0.05) is 65.7 Å². The van der Waals surface area contributed by atoms with Crippen molar-refractivity contribution in [3.05, 3.63) is 11.6 Å². The number of esters is 3. The summed E-state index contributed by atoms with van der Waals surface area (Å²) in [5, 5.41) is 19.5. The van der Waals surface area contributed by atoms with Crippen LogP contribution in [0.15, 0.2) is 9.05 Å². The normalized spacial score (nSPS) is 16.6. The number of anilines is 2. The summed E-state index contributed by atoms with van der Waals surface area (Å²) in [5.41, 5.74) is 4.64. The average molecular weight is 1010 g/mol. The van der Waals surface area contributed by atoms with Crippen LogP contribution in [0, 0.1) is 43.1 Å². The zero-order valence-electron chi connectivity index (χ0n) is 48.2. The largest absolute Gasteiger partial charge is 0.460 e. The molecule has 71 heavy (non-hydrogen) atoms. The number of hydrogen-bond donors (Lipinski definition) is 2. The van der Waals surface area contributed by atoms with Gasteiger partial charge in [0, 0.05) is 64.6 Å². The topological polar surface area (TPSA) is 228 Å². The van der Waals surface area contributed by atoms with E-state index in [9.17, 15) is 14.4 Å². The second-order valence-electron chi connectivity index (χ2n) is 20.1. The smallest absolute Gasteiger partial charge is 0.324 e. The highest BCUT2D eigenvalue weighted by atomic mass is 16.6. The van der Waals surface area contributed by atoms with Gasteiger partial charge in [-0.05, 0) is 158 Å². The molecule has 0 unspecified atom stereocenters. The second-order valence-corrected chi connectivity index (χ2v) is 20.1. The molecule has 0 bridgehead atoms. The van der Waals surface area contributed by atoms with Crippen LogP contribution >= 0.6 is 0 Å². The Hall–Kier alpha value is -4.50. The van der Waals surface area contributed by atoms with Crippen molar-refractivity contribution >= 4 is 29.9 Å². The van der Waals surface area contributed by atoms with Crippen LogP contribution in [0.3, 0.4) is 0 Å². The number of nitrogens with zero attached hydrogens (tertiary/aromatic N) is 8. The molecule has 0 spiro atoms. The first-order valence-corrected chi connectivity index (χ1v) is 26.8. The van der Waals surface area contributed by atoms with Gasteiger partial charge in [-0.2, -0.15) is 15.2 Å². The number of carbonyl (C=O) groups excluding carboxylic acids is 3. The maximum absolute atomic E-state index is 11.8. The van der Waals surface area contributed by atoms with Crippen molar-refractivity contribution in [3.8, 4) is 6.19 Å². The summed E-state index contributed by atoms with van der Waals surface area (Å²) in [6.45, 7) is 43.8. The van der Waals surface area contributed by atoms with E-state index in [1.54, 1.807) is 4.90 Å². The van der Waals surface area contributed by atoms with Crippen LogP contribution in [0.25, 0.3) is 0 Å². The van der Waals surface area contributed by atoms with Gasteiger partial charge in [-0.15, -0.1) is 0 Å². The highest BCUT2D eigenvalue weighted by Gasteiger charge is 2.28. The third-order valence-corrected chi connectivity index (χ3v) is 10.6. The number of hydrogen-bond acceptors (Lipinski definition) is 18. The third kappa shape index (κ3) is 33.7. The molecule has 412 valence electrons. The number of nitriles is 1. The molecule has 0 aliphatic carbocycles. The maximum atomic E-state index is 11.8. The van der Waals surface area contributed by atoms with Gasteiger partial charge in [0.05, 0.1) is 0 Å². The molecule has 0 aromatic carbocycles. The molecular formula is C53H102N10O8. The molecule has 4 aliphatic rings. The van der Waals surface area contributed by atoms with E-state index in [0.717, 1.165) is 104 Å². The summed E-state index contributed by atoms with van der Waals surface area (Å²) < 4.78 is 26.1. The van der Waals surface area contributed by atoms with Crippen molar-refractivity contribution in [1.82, 2.24) is 30.5 Å². The molecule has 6 rings (SSSR count). The van der Waals surface area contributed by atoms with Crippen LogP contribution in [-0.4, -0.2) is 118 Å². The number of nitrogens with one attached hydrogen (secondary N) is 1. The Morgan fingerprint density at radius 1 is 0.563 bits per heavy atom. The molecule has 4 fully saturated rings. The summed E-state index contributed by atoms with van der Waals surface area (Å²) in [7, 11) is 0. The van der Waals surface area contributed by atoms with Gasteiger partial charge < -0.3 is 49.0 Å². The summed E-state index contributed by atoms with van der Waals surface area (Å²) in [6.07, 6.45) is 11.6. The van der Waals surface area contributed by atoms with Crippen molar-refractivity contribution in [2.45, 2.75) is 225 Å². The van der Waals surface area contributed by atoms with Gasteiger partial charge in [0.2, 0.25) is 0 Å². The number of ether oxygens (including phenoxy) is 3. The minimum absolute atomic E-state index is 0.0515. The van der Waals surface area contributed by atoms with Crippen LogP contribution in [0.2, 0.25) is 0 Å². The summed E-state index contributed by atoms with van der Waals surface area (Å²) in [5.74, 6) is 2.33. The standard InChI is InChI=1S/C14H23N3O3.C12H20N2O2.C11H21NO2.C8H14N4O.4C2H6/c1-10-15-13(20-16-10)17-7-5-11(6-8-17)9-12(18)19-14(2,3)4;1-12(2,3)16-11(15)8-10-4-6-14(9-13)7-5-10;1-11(2,3)14-10(13)8-9-4-6-12-7-5-9;1-6-10-8(13-11-6)12-4-2-7(9)3-5-12;4*1-2/h11H,5-9H2,1-4H3;10H,4-8H2,1-3H3;9,12H,4-8H2,1-3H3;7H,2-5,9H2,1H3;4*1-2H3. The fraction of sp³-hybridized carbons (Fsp3) is 0.849. The molecule has 18 heteroatoms.